The lowest BCUT2D eigenvalue weighted by molar-refractivity contribution is -0.00278. The molecule has 1 N–H and O–H groups in total. The van der Waals surface area contributed by atoms with E-state index >= 15 is 0 Å². The summed E-state index contributed by atoms with van der Waals surface area (Å²) in [5.41, 5.74) is 2.19. The normalized spacial score (nSPS) is 19.2. The lowest BCUT2D eigenvalue weighted by Gasteiger charge is -2.40. The van der Waals surface area contributed by atoms with Gasteiger partial charge in [0.15, 0.2) is 0 Å². The highest BCUT2D eigenvalue weighted by molar-refractivity contribution is 5.25. The molecule has 1 aliphatic heterocycles. The second-order valence-corrected chi connectivity index (χ2v) is 6.46. The third-order valence-corrected chi connectivity index (χ3v) is 4.72. The molecular formula is C18H35N3O2. The smallest absolute Gasteiger partial charge is 0.0974 e. The molecule has 0 spiro atoms. The van der Waals surface area contributed by atoms with Crippen molar-refractivity contribution in [2.75, 3.05) is 46.6 Å². The van der Waals surface area contributed by atoms with Gasteiger partial charge in [-0.1, -0.05) is 6.58 Å². The van der Waals surface area contributed by atoms with Crippen LogP contribution in [0.5, 0.6) is 0 Å². The van der Waals surface area contributed by atoms with Gasteiger partial charge in [0.2, 0.25) is 0 Å². The Kier molecular flexibility index (Phi) is 8.26. The van der Waals surface area contributed by atoms with Crippen LogP contribution in [0.4, 0.5) is 0 Å². The van der Waals surface area contributed by atoms with E-state index in [-0.39, 0.29) is 5.60 Å². The summed E-state index contributed by atoms with van der Waals surface area (Å²) < 4.78 is 11.5. The van der Waals surface area contributed by atoms with Gasteiger partial charge in [0.1, 0.15) is 0 Å². The fraction of sp³-hybridized carbons (Fsp3) is 0.778. The Morgan fingerprint density at radius 1 is 1.43 bits per heavy atom. The summed E-state index contributed by atoms with van der Waals surface area (Å²) in [5, 5.41) is 3.06. The van der Waals surface area contributed by atoms with Crippen LogP contribution >= 0.6 is 0 Å². The van der Waals surface area contributed by atoms with Gasteiger partial charge in [0.05, 0.1) is 25.5 Å². The lowest BCUT2D eigenvalue weighted by Crippen LogP contribution is -2.47. The highest BCUT2D eigenvalue weighted by atomic mass is 16.5. The minimum atomic E-state index is -0.338. The Morgan fingerprint density at radius 2 is 2.04 bits per heavy atom. The van der Waals surface area contributed by atoms with E-state index < -0.39 is 0 Å². The first kappa shape index (κ1) is 20.2. The molecule has 0 aromatic heterocycles. The van der Waals surface area contributed by atoms with Crippen molar-refractivity contribution in [1.82, 2.24) is 15.1 Å². The maximum Gasteiger partial charge on any atom is 0.0974 e. The fourth-order valence-corrected chi connectivity index (χ4v) is 2.97. The molecule has 134 valence electrons. The number of ether oxygens (including phenoxy) is 2. The van der Waals surface area contributed by atoms with E-state index in [1.54, 1.807) is 0 Å². The van der Waals surface area contributed by atoms with Crippen molar-refractivity contribution in [3.05, 3.63) is 24.0 Å². The standard InChI is InChI=1S/C18H35N3O2/c1-8-20(9-2)17(15(3)18(5,6)23-14-19-7)16(4)21-10-12-22-13-11-21/h8,16,19H,1,9-14H2,2-7H3/b17-15-. The number of morpholine rings is 1. The van der Waals surface area contributed by atoms with Gasteiger partial charge in [0, 0.05) is 31.4 Å². The summed E-state index contributed by atoms with van der Waals surface area (Å²) in [6.07, 6.45) is 1.92. The van der Waals surface area contributed by atoms with E-state index in [1.165, 1.54) is 11.3 Å². The average molecular weight is 325 g/mol. The molecule has 0 bridgehead atoms. The number of nitrogens with one attached hydrogen (secondary N) is 1. The van der Waals surface area contributed by atoms with Crippen molar-refractivity contribution >= 4 is 0 Å². The number of rotatable bonds is 9. The van der Waals surface area contributed by atoms with Crippen LogP contribution in [0, 0.1) is 0 Å². The minimum Gasteiger partial charge on any atom is -0.379 e. The Bertz CT molecular complexity index is 401. The minimum absolute atomic E-state index is 0.300. The van der Waals surface area contributed by atoms with Crippen LogP contribution in [-0.4, -0.2) is 68.1 Å². The van der Waals surface area contributed by atoms with E-state index in [2.05, 4.69) is 56.3 Å². The maximum absolute atomic E-state index is 6.02. The van der Waals surface area contributed by atoms with Gasteiger partial charge in [-0.2, -0.15) is 0 Å². The van der Waals surface area contributed by atoms with Gasteiger partial charge in [-0.25, -0.2) is 0 Å². The summed E-state index contributed by atoms with van der Waals surface area (Å²) in [5.74, 6) is 0. The molecule has 1 unspecified atom stereocenters. The van der Waals surface area contributed by atoms with Gasteiger partial charge in [0.25, 0.3) is 0 Å². The molecule has 0 aromatic carbocycles. The van der Waals surface area contributed by atoms with Crippen molar-refractivity contribution in [3.8, 4) is 0 Å². The molecule has 0 aromatic rings. The molecule has 0 saturated carbocycles. The highest BCUT2D eigenvalue weighted by Crippen LogP contribution is 2.29. The summed E-state index contributed by atoms with van der Waals surface area (Å²) in [7, 11) is 1.90. The molecule has 1 atom stereocenters. The molecule has 1 saturated heterocycles. The van der Waals surface area contributed by atoms with Crippen LogP contribution in [0.15, 0.2) is 24.0 Å². The summed E-state index contributed by atoms with van der Waals surface area (Å²) >= 11 is 0. The largest absolute Gasteiger partial charge is 0.379 e. The summed E-state index contributed by atoms with van der Waals surface area (Å²) in [4.78, 5) is 4.71. The van der Waals surface area contributed by atoms with Gasteiger partial charge in [-0.3, -0.25) is 10.2 Å². The first-order valence-corrected chi connectivity index (χ1v) is 8.59. The Labute approximate surface area is 142 Å². The molecule has 0 amide bonds. The zero-order chi connectivity index (χ0) is 17.5. The Balaban J connectivity index is 3.15. The molecule has 5 nitrogen and oxygen atoms in total. The van der Waals surface area contributed by atoms with E-state index in [4.69, 9.17) is 9.47 Å². The van der Waals surface area contributed by atoms with Gasteiger partial charge in [-0.05, 0) is 53.4 Å². The topological polar surface area (TPSA) is 37.0 Å². The monoisotopic (exact) mass is 325 g/mol. The van der Waals surface area contributed by atoms with Crippen LogP contribution in [0.25, 0.3) is 0 Å². The van der Waals surface area contributed by atoms with Gasteiger partial charge < -0.3 is 14.4 Å². The molecule has 23 heavy (non-hydrogen) atoms. The van der Waals surface area contributed by atoms with Crippen molar-refractivity contribution in [2.24, 2.45) is 0 Å². The van der Waals surface area contributed by atoms with Crippen LogP contribution in [0.1, 0.15) is 34.6 Å². The SMILES string of the molecule is C=CN(CC)/C(=C(/C)C(C)(C)OCNC)C(C)N1CCOCC1. The predicted molar refractivity (Wildman–Crippen MR) is 96.2 cm³/mol. The quantitative estimate of drug-likeness (QED) is 0.659. The highest BCUT2D eigenvalue weighted by Gasteiger charge is 2.30. The number of hydrogen-bond acceptors (Lipinski definition) is 5. The molecule has 0 radical (unpaired) electrons. The third-order valence-electron chi connectivity index (χ3n) is 4.72. The lowest BCUT2D eigenvalue weighted by atomic mass is 9.93. The molecule has 1 aliphatic rings. The van der Waals surface area contributed by atoms with Gasteiger partial charge in [-0.15, -0.1) is 0 Å². The van der Waals surface area contributed by atoms with Gasteiger partial charge >= 0.3 is 0 Å². The van der Waals surface area contributed by atoms with Crippen LogP contribution in [0.3, 0.4) is 0 Å². The zero-order valence-corrected chi connectivity index (χ0v) is 15.8. The summed E-state index contributed by atoms with van der Waals surface area (Å²) in [6, 6.07) is 0.300. The zero-order valence-electron chi connectivity index (χ0n) is 15.8. The van der Waals surface area contributed by atoms with Crippen molar-refractivity contribution < 1.29 is 9.47 Å². The van der Waals surface area contributed by atoms with Crippen molar-refractivity contribution in [1.29, 1.82) is 0 Å². The predicted octanol–water partition coefficient (Wildman–Crippen LogP) is 2.42. The van der Waals surface area contributed by atoms with Crippen LogP contribution in [-0.2, 0) is 9.47 Å². The summed E-state index contributed by atoms with van der Waals surface area (Å²) in [6.45, 7) is 19.8. The number of likely N-dealkylation sites (N-methyl/N-ethyl adjacent to an activating group) is 1. The third kappa shape index (κ3) is 5.31. The molecular weight excluding hydrogens is 290 g/mol. The van der Waals surface area contributed by atoms with Crippen molar-refractivity contribution in [2.45, 2.75) is 46.3 Å². The Hall–Kier alpha value is -0.880. The van der Waals surface area contributed by atoms with Crippen LogP contribution in [0.2, 0.25) is 0 Å². The van der Waals surface area contributed by atoms with E-state index in [9.17, 15) is 0 Å². The van der Waals surface area contributed by atoms with E-state index in [0.29, 0.717) is 12.8 Å². The second-order valence-electron chi connectivity index (χ2n) is 6.46. The first-order valence-electron chi connectivity index (χ1n) is 8.59. The maximum atomic E-state index is 6.02. The molecule has 1 fully saturated rings. The molecule has 0 aliphatic carbocycles. The van der Waals surface area contributed by atoms with E-state index in [0.717, 1.165) is 32.8 Å². The van der Waals surface area contributed by atoms with Crippen LogP contribution < -0.4 is 5.32 Å². The van der Waals surface area contributed by atoms with E-state index in [1.807, 2.05) is 13.2 Å². The Morgan fingerprint density at radius 3 is 2.52 bits per heavy atom. The molecule has 5 heteroatoms. The first-order chi connectivity index (χ1) is 10.9. The second kappa shape index (κ2) is 9.42. The number of hydrogen-bond donors (Lipinski definition) is 1. The molecule has 1 rings (SSSR count). The average Bonchev–Trinajstić information content (AvgIpc) is 2.57. The fourth-order valence-electron chi connectivity index (χ4n) is 2.97. The molecule has 1 heterocycles. The van der Waals surface area contributed by atoms with Crippen molar-refractivity contribution in [3.63, 3.8) is 0 Å². The number of nitrogens with zero attached hydrogens (tertiary/aromatic N) is 2.